The number of ether oxygens (including phenoxy) is 4. The molecule has 39 nitrogen and oxygen atoms in total. The fourth-order valence-electron chi connectivity index (χ4n) is 13.2. The maximum Gasteiger partial charge on any atom is 0.326 e. The average molecular weight is 1400 g/mol. The third-order valence-corrected chi connectivity index (χ3v) is 18.5. The predicted octanol–water partition coefficient (Wildman–Crippen LogP) is -10.6. The summed E-state index contributed by atoms with van der Waals surface area (Å²) in [5, 5.41) is 123. The molecule has 0 aromatic carbocycles. The van der Waals surface area contributed by atoms with Gasteiger partial charge in [-0.05, 0) is 91.0 Å². The van der Waals surface area contributed by atoms with Crippen molar-refractivity contribution in [1.82, 2.24) is 62.1 Å². The Morgan fingerprint density at radius 1 is 0.520 bits per heavy atom. The smallest absolute Gasteiger partial charge is 0.326 e. The van der Waals surface area contributed by atoms with Gasteiger partial charge in [-0.3, -0.25) is 57.5 Å². The van der Waals surface area contributed by atoms with Crippen LogP contribution in [0.3, 0.4) is 0 Å². The van der Waals surface area contributed by atoms with Crippen LogP contribution < -0.4 is 42.5 Å². The van der Waals surface area contributed by atoms with E-state index in [0.29, 0.717) is 32.2 Å². The number of nitrogens with one attached hydrogen (secondary N) is 8. The molecule has 0 aromatic heterocycles. The molecule has 0 aromatic rings. The molecule has 0 spiro atoms. The van der Waals surface area contributed by atoms with E-state index in [0.717, 1.165) is 18.2 Å². The summed E-state index contributed by atoms with van der Waals surface area (Å²) in [6.07, 6.45) is -14.7. The van der Waals surface area contributed by atoms with E-state index in [1.165, 1.54) is 28.5 Å². The van der Waals surface area contributed by atoms with Crippen LogP contribution in [0, 0.1) is 0 Å². The lowest BCUT2D eigenvalue weighted by atomic mass is 9.95. The van der Waals surface area contributed by atoms with Gasteiger partial charge in [0.15, 0.2) is 12.6 Å². The SMILES string of the molecule is CC(=O)N[C@H]1[C@@H](OC[C@H](NC(=O)[C@H](CO)NC(=O)[C@H](CO)NC(=O)[C@@H]2CCCN2C(=O)[C@@H]2CCCN2C(=O)[C@H](C)NC(=O)[C@@H]2CCCN2)C(=O)N[C@@H](C)C(=O)N2CCC[C@H]2C(=O)N2CCC[C@H]2C(=O)N[C@@H](CCC(=O)O)C(=O)O)O[C@H](CO)[C@H](O)[C@@H]1O[C@@H]1O[C@H](CO)[C@H](O)[C@H](O)[C@H]1O. The number of aliphatic hydroxyl groups excluding tert-OH is 8. The monoisotopic (exact) mass is 1400 g/mol. The number of nitrogens with zero attached hydrogens (tertiary/aromatic N) is 4. The fourth-order valence-corrected chi connectivity index (χ4v) is 13.2. The largest absolute Gasteiger partial charge is 0.481 e. The molecule has 11 amide bonds. The Kier molecular flexibility index (Phi) is 28.3. The molecule has 21 atom stereocenters. The fraction of sp³-hybridized carbons (Fsp3) is 0.780. The highest BCUT2D eigenvalue weighted by atomic mass is 16.7. The molecular weight excluding hydrogens is 1310 g/mol. The first-order valence-corrected chi connectivity index (χ1v) is 32.8. The van der Waals surface area contributed by atoms with E-state index in [1.807, 2.05) is 0 Å². The Morgan fingerprint density at radius 3 is 1.48 bits per heavy atom. The Bertz CT molecular complexity index is 2890. The van der Waals surface area contributed by atoms with Crippen LogP contribution in [0.25, 0.3) is 0 Å². The van der Waals surface area contributed by atoms with Crippen LogP contribution in [-0.4, -0.2) is 341 Å². The third-order valence-electron chi connectivity index (χ3n) is 18.5. The number of aliphatic hydroxyl groups is 8. The number of hydrogen-bond acceptors (Lipinski definition) is 26. The van der Waals surface area contributed by atoms with Gasteiger partial charge in [0.05, 0.1) is 39.1 Å². The molecule has 7 rings (SSSR count). The second-order valence-electron chi connectivity index (χ2n) is 25.3. The van der Waals surface area contributed by atoms with Gasteiger partial charge in [-0.25, -0.2) is 4.79 Å². The van der Waals surface area contributed by atoms with Crippen molar-refractivity contribution >= 4 is 76.9 Å². The molecule has 7 fully saturated rings. The minimum absolute atomic E-state index is 0.0159. The van der Waals surface area contributed by atoms with E-state index in [1.54, 1.807) is 0 Å². The number of rotatable bonds is 30. The third kappa shape index (κ3) is 18.9. The molecule has 98 heavy (non-hydrogen) atoms. The van der Waals surface area contributed by atoms with Crippen molar-refractivity contribution in [3.63, 3.8) is 0 Å². The first-order valence-electron chi connectivity index (χ1n) is 32.8. The summed E-state index contributed by atoms with van der Waals surface area (Å²) < 4.78 is 23.1. The van der Waals surface area contributed by atoms with Crippen molar-refractivity contribution in [1.29, 1.82) is 0 Å². The molecule has 0 radical (unpaired) electrons. The van der Waals surface area contributed by atoms with Crippen LogP contribution in [0.15, 0.2) is 0 Å². The number of likely N-dealkylation sites (tertiary alicyclic amines) is 4. The molecule has 0 aliphatic carbocycles. The van der Waals surface area contributed by atoms with Gasteiger partial charge >= 0.3 is 11.9 Å². The highest BCUT2D eigenvalue weighted by Crippen LogP contribution is 2.32. The van der Waals surface area contributed by atoms with Crippen molar-refractivity contribution in [3.05, 3.63) is 0 Å². The van der Waals surface area contributed by atoms with Crippen molar-refractivity contribution in [2.45, 2.75) is 226 Å². The predicted molar refractivity (Wildman–Crippen MR) is 326 cm³/mol. The van der Waals surface area contributed by atoms with Gasteiger partial charge in [0.2, 0.25) is 65.0 Å². The maximum absolute atomic E-state index is 14.6. The molecule has 7 aliphatic heterocycles. The quantitative estimate of drug-likeness (QED) is 0.0318. The number of amides is 11. The molecule has 0 unspecified atom stereocenters. The zero-order valence-electron chi connectivity index (χ0n) is 54.4. The summed E-state index contributed by atoms with van der Waals surface area (Å²) in [6, 6.07) is -17.0. The zero-order valence-corrected chi connectivity index (χ0v) is 54.4. The molecule has 0 saturated carbocycles. The second kappa shape index (κ2) is 35.6. The number of hydrogen-bond donors (Lipinski definition) is 18. The highest BCUT2D eigenvalue weighted by molar-refractivity contribution is 5.99. The van der Waals surface area contributed by atoms with E-state index in [9.17, 15) is 108 Å². The standard InChI is InChI=1S/C59H92N12O27/c1-26(61-47(83)29-9-4-16-60-29)53(89)70-19-7-13-37(70)56(92)69-18-6-11-35(69)52(88)66-32(22-73)48(84)65-31(21-72)49(85)67-33(25-95-58-41(63-28(3)76)46(43(80)39(24-75)96-58)98-59-45(82)44(81)42(79)38(23-74)97-59)50(86)62-27(2)54(90)71-20-8-12-36(71)55(91)68-17-5-10-34(68)51(87)64-30(57(93)94)14-15-40(77)78/h26-27,29-39,41-46,58-60,72-75,79-82H,4-25H2,1-3H3,(H,61,83)(H,62,86)(H,63,76)(H,64,87)(H,65,84)(H,66,88)(H,67,85)(H,77,78)(H,93,94)/t26-,27-,29-,30-,31-,32-,33-,34-,35-,36-,37-,38+,39+,41+,42-,43-,44-,45+,46+,58-,59-/m0/s1. The Morgan fingerprint density at radius 2 is 0.990 bits per heavy atom. The molecule has 0 bridgehead atoms. The van der Waals surface area contributed by atoms with Gasteiger partial charge in [0.25, 0.3) is 0 Å². The topological polar surface area (TPSA) is 570 Å². The summed E-state index contributed by atoms with van der Waals surface area (Å²) in [7, 11) is 0. The molecule has 7 aliphatic rings. The first kappa shape index (κ1) is 77.9. The molecule has 39 heteroatoms. The van der Waals surface area contributed by atoms with E-state index >= 15 is 0 Å². The van der Waals surface area contributed by atoms with Crippen LogP contribution in [0.2, 0.25) is 0 Å². The number of carbonyl (C=O) groups is 13. The number of aliphatic carboxylic acids is 2. The average Bonchev–Trinajstić information content (AvgIpc) is 1.41. The number of carboxylic acid groups (broad SMARTS) is 2. The Labute approximate surface area is 561 Å². The summed E-state index contributed by atoms with van der Waals surface area (Å²) >= 11 is 0. The van der Waals surface area contributed by atoms with Gasteiger partial charge < -0.3 is 132 Å². The van der Waals surface area contributed by atoms with Crippen molar-refractivity contribution in [3.8, 4) is 0 Å². The van der Waals surface area contributed by atoms with Gasteiger partial charge in [-0.1, -0.05) is 0 Å². The minimum Gasteiger partial charge on any atom is -0.481 e. The Balaban J connectivity index is 1.07. The van der Waals surface area contributed by atoms with Gasteiger partial charge in [0, 0.05) is 39.5 Å². The summed E-state index contributed by atoms with van der Waals surface area (Å²) in [5.74, 6) is -12.4. The van der Waals surface area contributed by atoms with Gasteiger partial charge in [-0.2, -0.15) is 0 Å². The number of carboxylic acids is 2. The number of carbonyl (C=O) groups excluding carboxylic acids is 11. The van der Waals surface area contributed by atoms with Crippen LogP contribution >= 0.6 is 0 Å². The second-order valence-corrected chi connectivity index (χ2v) is 25.3. The lowest BCUT2D eigenvalue weighted by Crippen LogP contribution is -2.68. The summed E-state index contributed by atoms with van der Waals surface area (Å²) in [4.78, 5) is 180. The van der Waals surface area contributed by atoms with Crippen molar-refractivity contribution < 1.29 is 132 Å². The van der Waals surface area contributed by atoms with Crippen LogP contribution in [-0.2, 0) is 81.3 Å². The normalized spacial score (nSPS) is 30.4. The highest BCUT2D eigenvalue weighted by Gasteiger charge is 2.53. The maximum atomic E-state index is 14.6. The van der Waals surface area contributed by atoms with E-state index in [2.05, 4.69) is 42.5 Å². The molecule has 7 saturated heterocycles. The van der Waals surface area contributed by atoms with Gasteiger partial charge in [-0.15, -0.1) is 0 Å². The summed E-state index contributed by atoms with van der Waals surface area (Å²) in [6.45, 7) is -0.782. The van der Waals surface area contributed by atoms with Crippen LogP contribution in [0.4, 0.5) is 0 Å². The van der Waals surface area contributed by atoms with E-state index in [4.69, 9.17) is 24.1 Å². The zero-order chi connectivity index (χ0) is 72.0. The molecular formula is C59H92N12O27. The van der Waals surface area contributed by atoms with Crippen molar-refractivity contribution in [2.75, 3.05) is 65.8 Å². The van der Waals surface area contributed by atoms with Crippen LogP contribution in [0.1, 0.15) is 97.8 Å². The van der Waals surface area contributed by atoms with Crippen molar-refractivity contribution in [2.24, 2.45) is 0 Å². The van der Waals surface area contributed by atoms with E-state index in [-0.39, 0.29) is 64.2 Å². The summed E-state index contributed by atoms with van der Waals surface area (Å²) in [5.41, 5.74) is 0. The lowest BCUT2D eigenvalue weighted by molar-refractivity contribution is -0.345. The Hall–Kier alpha value is -7.41. The molecule has 18 N–H and O–H groups in total. The molecule has 7 heterocycles. The lowest BCUT2D eigenvalue weighted by Gasteiger charge is -2.47. The first-order chi connectivity index (χ1) is 46.5. The van der Waals surface area contributed by atoms with Gasteiger partial charge in [0.1, 0.15) is 109 Å². The van der Waals surface area contributed by atoms with Crippen LogP contribution in [0.5, 0.6) is 0 Å². The minimum atomic E-state index is -2.07. The van der Waals surface area contributed by atoms with E-state index < -0.39 is 245 Å². The molecule has 550 valence electrons.